The lowest BCUT2D eigenvalue weighted by molar-refractivity contribution is -0.139. The second-order valence-corrected chi connectivity index (χ2v) is 5.64. The number of benzene rings is 2. The fraction of sp³-hybridized carbons (Fsp3) is 0.211. The van der Waals surface area contributed by atoms with E-state index >= 15 is 0 Å². The van der Waals surface area contributed by atoms with Crippen LogP contribution in [0.1, 0.15) is 28.8 Å². The minimum atomic E-state index is -1.23. The molecule has 136 valence electrons. The standard InChI is InChI=1S/C19H20N2O5/c20-17(22)11-10-15(19(24)25)21-18(23)14-8-4-5-9-16(14)26-12-13-6-2-1-3-7-13/h1-9,15H,10-12H2,(H2,20,22)(H,21,23)(H,24,25)/t15-/m0/s1. The molecular formula is C19H20N2O5. The number of nitrogens with one attached hydrogen (secondary N) is 1. The van der Waals surface area contributed by atoms with Crippen LogP contribution in [0.3, 0.4) is 0 Å². The largest absolute Gasteiger partial charge is 0.488 e. The maximum Gasteiger partial charge on any atom is 0.326 e. The lowest BCUT2D eigenvalue weighted by Gasteiger charge is -2.16. The van der Waals surface area contributed by atoms with Gasteiger partial charge in [-0.3, -0.25) is 9.59 Å². The van der Waals surface area contributed by atoms with Gasteiger partial charge in [0.1, 0.15) is 18.4 Å². The molecular weight excluding hydrogens is 336 g/mol. The Labute approximate surface area is 150 Å². The lowest BCUT2D eigenvalue weighted by Crippen LogP contribution is -2.41. The Balaban J connectivity index is 2.08. The highest BCUT2D eigenvalue weighted by molar-refractivity contribution is 5.99. The third-order valence-corrected chi connectivity index (χ3v) is 3.65. The van der Waals surface area contributed by atoms with Gasteiger partial charge in [0.15, 0.2) is 0 Å². The van der Waals surface area contributed by atoms with E-state index in [9.17, 15) is 19.5 Å². The summed E-state index contributed by atoms with van der Waals surface area (Å²) in [6.45, 7) is 0.273. The number of carboxylic acid groups (broad SMARTS) is 1. The van der Waals surface area contributed by atoms with Crippen LogP contribution in [0.5, 0.6) is 5.75 Å². The molecule has 1 atom stereocenters. The molecule has 0 aliphatic rings. The summed E-state index contributed by atoms with van der Waals surface area (Å²) in [4.78, 5) is 34.6. The van der Waals surface area contributed by atoms with Crippen molar-refractivity contribution in [2.24, 2.45) is 5.73 Å². The van der Waals surface area contributed by atoms with Gasteiger partial charge in [0, 0.05) is 6.42 Å². The second-order valence-electron chi connectivity index (χ2n) is 5.64. The van der Waals surface area contributed by atoms with Gasteiger partial charge in [0.2, 0.25) is 5.91 Å². The minimum Gasteiger partial charge on any atom is -0.488 e. The van der Waals surface area contributed by atoms with Crippen molar-refractivity contribution in [1.29, 1.82) is 0 Å². The van der Waals surface area contributed by atoms with E-state index in [4.69, 9.17) is 10.5 Å². The predicted molar refractivity (Wildman–Crippen MR) is 94.5 cm³/mol. The fourth-order valence-electron chi connectivity index (χ4n) is 2.30. The van der Waals surface area contributed by atoms with Gasteiger partial charge in [-0.1, -0.05) is 42.5 Å². The van der Waals surface area contributed by atoms with Crippen molar-refractivity contribution in [2.45, 2.75) is 25.5 Å². The first-order valence-electron chi connectivity index (χ1n) is 8.05. The molecule has 26 heavy (non-hydrogen) atoms. The van der Waals surface area contributed by atoms with E-state index in [0.29, 0.717) is 5.75 Å². The molecule has 4 N–H and O–H groups in total. The second kappa shape index (κ2) is 9.22. The van der Waals surface area contributed by atoms with Crippen LogP contribution in [0.4, 0.5) is 0 Å². The Bertz CT molecular complexity index is 777. The zero-order valence-electron chi connectivity index (χ0n) is 14.1. The van der Waals surface area contributed by atoms with Crippen LogP contribution < -0.4 is 15.8 Å². The van der Waals surface area contributed by atoms with Crippen molar-refractivity contribution >= 4 is 17.8 Å². The number of hydrogen-bond donors (Lipinski definition) is 3. The molecule has 0 radical (unpaired) electrons. The zero-order valence-corrected chi connectivity index (χ0v) is 14.1. The number of ether oxygens (including phenoxy) is 1. The molecule has 0 saturated heterocycles. The first-order valence-corrected chi connectivity index (χ1v) is 8.05. The summed E-state index contributed by atoms with van der Waals surface area (Å²) in [7, 11) is 0. The average Bonchev–Trinajstić information content (AvgIpc) is 2.64. The number of amides is 2. The Kier molecular flexibility index (Phi) is 6.73. The molecule has 7 heteroatoms. The number of nitrogens with two attached hydrogens (primary N) is 1. The third-order valence-electron chi connectivity index (χ3n) is 3.65. The summed E-state index contributed by atoms with van der Waals surface area (Å²) in [5.41, 5.74) is 6.19. The minimum absolute atomic E-state index is 0.0799. The van der Waals surface area contributed by atoms with Gasteiger partial charge in [0.05, 0.1) is 5.56 Å². The average molecular weight is 356 g/mol. The van der Waals surface area contributed by atoms with Gasteiger partial charge in [-0.2, -0.15) is 0 Å². The molecule has 2 rings (SSSR count). The Morgan fingerprint density at radius 2 is 1.69 bits per heavy atom. The molecule has 0 fully saturated rings. The number of carbonyl (C=O) groups is 3. The van der Waals surface area contributed by atoms with Gasteiger partial charge in [-0.05, 0) is 24.1 Å². The summed E-state index contributed by atoms with van der Waals surface area (Å²) in [5.74, 6) is -2.11. The van der Waals surface area contributed by atoms with Gasteiger partial charge < -0.3 is 20.9 Å². The highest BCUT2D eigenvalue weighted by Crippen LogP contribution is 2.19. The topological polar surface area (TPSA) is 119 Å². The van der Waals surface area contributed by atoms with Crippen molar-refractivity contribution in [3.05, 3.63) is 65.7 Å². The highest BCUT2D eigenvalue weighted by Gasteiger charge is 2.22. The molecule has 0 aromatic heterocycles. The van der Waals surface area contributed by atoms with E-state index in [1.54, 1.807) is 24.3 Å². The van der Waals surface area contributed by atoms with Crippen molar-refractivity contribution in [3.63, 3.8) is 0 Å². The first-order chi connectivity index (χ1) is 12.5. The van der Waals surface area contributed by atoms with Gasteiger partial charge in [-0.15, -0.1) is 0 Å². The van der Waals surface area contributed by atoms with E-state index < -0.39 is 23.8 Å². The summed E-state index contributed by atoms with van der Waals surface area (Å²) in [6.07, 6.45) is -0.215. The number of hydrogen-bond acceptors (Lipinski definition) is 4. The molecule has 0 unspecified atom stereocenters. The molecule has 0 saturated carbocycles. The molecule has 0 heterocycles. The summed E-state index contributed by atoms with van der Waals surface area (Å²) < 4.78 is 5.70. The number of primary amides is 1. The summed E-state index contributed by atoms with van der Waals surface area (Å²) >= 11 is 0. The smallest absolute Gasteiger partial charge is 0.326 e. The van der Waals surface area contributed by atoms with E-state index in [2.05, 4.69) is 5.32 Å². The maximum atomic E-state index is 12.5. The number of rotatable bonds is 9. The van der Waals surface area contributed by atoms with E-state index in [0.717, 1.165) is 5.56 Å². The molecule has 2 aromatic rings. The van der Waals surface area contributed by atoms with Crippen LogP contribution in [0, 0.1) is 0 Å². The quantitative estimate of drug-likeness (QED) is 0.632. The van der Waals surface area contributed by atoms with Crippen molar-refractivity contribution in [1.82, 2.24) is 5.32 Å². The van der Waals surface area contributed by atoms with Gasteiger partial charge in [0.25, 0.3) is 5.91 Å². The Morgan fingerprint density at radius 3 is 2.35 bits per heavy atom. The van der Waals surface area contributed by atoms with Crippen molar-refractivity contribution in [2.75, 3.05) is 0 Å². The van der Waals surface area contributed by atoms with Crippen LogP contribution >= 0.6 is 0 Å². The number of carbonyl (C=O) groups excluding carboxylic acids is 2. The Morgan fingerprint density at radius 1 is 1.04 bits per heavy atom. The number of para-hydroxylation sites is 1. The van der Waals surface area contributed by atoms with Crippen LogP contribution in [0.15, 0.2) is 54.6 Å². The predicted octanol–water partition coefficient (Wildman–Crippen LogP) is 1.71. The maximum absolute atomic E-state index is 12.5. The van der Waals surface area contributed by atoms with E-state index in [1.165, 1.54) is 0 Å². The van der Waals surface area contributed by atoms with E-state index in [-0.39, 0.29) is 25.0 Å². The lowest BCUT2D eigenvalue weighted by atomic mass is 10.1. The number of aliphatic carboxylic acids is 1. The fourth-order valence-corrected chi connectivity index (χ4v) is 2.30. The Hall–Kier alpha value is -3.35. The molecule has 2 amide bonds. The molecule has 0 bridgehead atoms. The SMILES string of the molecule is NC(=O)CC[C@H](NC(=O)c1ccccc1OCc1ccccc1)C(=O)O. The molecule has 0 spiro atoms. The van der Waals surface area contributed by atoms with Crippen LogP contribution in [0.25, 0.3) is 0 Å². The van der Waals surface area contributed by atoms with E-state index in [1.807, 2.05) is 30.3 Å². The normalized spacial score (nSPS) is 11.4. The zero-order chi connectivity index (χ0) is 18.9. The van der Waals surface area contributed by atoms with Gasteiger partial charge >= 0.3 is 5.97 Å². The van der Waals surface area contributed by atoms with Crippen molar-refractivity contribution in [3.8, 4) is 5.75 Å². The van der Waals surface area contributed by atoms with Crippen LogP contribution in [0.2, 0.25) is 0 Å². The third kappa shape index (κ3) is 5.62. The molecule has 0 aliphatic carbocycles. The molecule has 2 aromatic carbocycles. The van der Waals surface area contributed by atoms with Crippen LogP contribution in [-0.2, 0) is 16.2 Å². The van der Waals surface area contributed by atoms with Crippen molar-refractivity contribution < 1.29 is 24.2 Å². The molecule has 0 aliphatic heterocycles. The monoisotopic (exact) mass is 356 g/mol. The first kappa shape index (κ1) is 19.0. The number of carboxylic acids is 1. The highest BCUT2D eigenvalue weighted by atomic mass is 16.5. The summed E-state index contributed by atoms with van der Waals surface area (Å²) in [6, 6.07) is 14.8. The van der Waals surface area contributed by atoms with Gasteiger partial charge in [-0.25, -0.2) is 4.79 Å². The molecule has 7 nitrogen and oxygen atoms in total. The van der Waals surface area contributed by atoms with Crippen LogP contribution in [-0.4, -0.2) is 28.9 Å². The summed E-state index contributed by atoms with van der Waals surface area (Å²) in [5, 5.41) is 11.6.